The number of amides is 3. The van der Waals surface area contributed by atoms with E-state index in [1.54, 1.807) is 7.05 Å². The Labute approximate surface area is 250 Å². The van der Waals surface area contributed by atoms with E-state index in [2.05, 4.69) is 27.5 Å². The number of nitrogens with zero attached hydrogens (tertiary/aromatic N) is 3. The Morgan fingerprint density at radius 1 is 0.905 bits per heavy atom. The maximum Gasteiger partial charge on any atom is 0.411 e. The quantitative estimate of drug-likeness (QED) is 0.339. The van der Waals surface area contributed by atoms with Gasteiger partial charge in [-0.25, -0.2) is 9.80 Å². The van der Waals surface area contributed by atoms with E-state index in [0.717, 1.165) is 94.5 Å². The molecule has 9 nitrogen and oxygen atoms in total. The number of hydrogen-bond acceptors (Lipinski definition) is 6. The highest BCUT2D eigenvalue weighted by molar-refractivity contribution is 5.91. The molecule has 42 heavy (non-hydrogen) atoms. The fourth-order valence-corrected chi connectivity index (χ4v) is 5.89. The lowest BCUT2D eigenvalue weighted by molar-refractivity contribution is -0.153. The smallest absolute Gasteiger partial charge is 0.411 e. The Balaban J connectivity index is 1.21. The van der Waals surface area contributed by atoms with Crippen LogP contribution in [0.2, 0.25) is 0 Å². The van der Waals surface area contributed by atoms with E-state index in [1.165, 1.54) is 0 Å². The molecular weight excluding hydrogens is 530 g/mol. The zero-order valence-electron chi connectivity index (χ0n) is 25.2. The van der Waals surface area contributed by atoms with Crippen molar-refractivity contribution >= 4 is 23.6 Å². The number of anilines is 1. The molecule has 2 saturated heterocycles. The number of para-hydroxylation sites is 1. The molecule has 0 aliphatic carbocycles. The van der Waals surface area contributed by atoms with E-state index >= 15 is 0 Å². The molecule has 0 aromatic heterocycles. The first kappa shape index (κ1) is 31.5. The minimum atomic E-state index is -0.435. The molecule has 2 fully saturated rings. The SMILES string of the molecule is CCCCCN(C(=O)CCN1CCC(OC(=O)Nc2ccccc2-c2ccccc2)CC1)N1CCC(C(=O)NC)CC1. The molecule has 0 saturated carbocycles. The largest absolute Gasteiger partial charge is 0.446 e. The molecule has 4 rings (SSSR count). The second-order valence-corrected chi connectivity index (χ2v) is 11.3. The molecule has 2 N–H and O–H groups in total. The molecule has 0 spiro atoms. The molecule has 0 unspecified atom stereocenters. The van der Waals surface area contributed by atoms with Crippen LogP contribution in [0, 0.1) is 5.92 Å². The number of unbranched alkanes of at least 4 members (excludes halogenated alkanes) is 2. The summed E-state index contributed by atoms with van der Waals surface area (Å²) >= 11 is 0. The standard InChI is InChI=1S/C33H47N5O4/c1-3-4-10-20-38(37-24-15-27(16-25-37)32(40)34-2)31(39)19-23-36-21-17-28(18-22-36)42-33(41)35-30-14-9-8-13-29(30)26-11-6-5-7-12-26/h5-9,11-14,27-28H,3-4,10,15-25H2,1-2H3,(H,34,40)(H,35,41). The van der Waals surface area contributed by atoms with E-state index in [9.17, 15) is 14.4 Å². The Kier molecular flexibility index (Phi) is 12.2. The van der Waals surface area contributed by atoms with Crippen LogP contribution in [0.3, 0.4) is 0 Å². The number of benzene rings is 2. The Morgan fingerprint density at radius 3 is 2.29 bits per heavy atom. The number of likely N-dealkylation sites (tertiary alicyclic amines) is 1. The monoisotopic (exact) mass is 577 g/mol. The van der Waals surface area contributed by atoms with Crippen molar-refractivity contribution in [1.29, 1.82) is 0 Å². The zero-order chi connectivity index (χ0) is 29.7. The normalized spacial score (nSPS) is 17.0. The van der Waals surface area contributed by atoms with Gasteiger partial charge in [-0.2, -0.15) is 0 Å². The molecule has 2 aliphatic heterocycles. The van der Waals surface area contributed by atoms with Gasteiger partial charge in [-0.05, 0) is 43.7 Å². The highest BCUT2D eigenvalue weighted by atomic mass is 16.6. The molecular formula is C33H47N5O4. The fraction of sp³-hybridized carbons (Fsp3) is 0.545. The van der Waals surface area contributed by atoms with Crippen molar-refractivity contribution in [2.24, 2.45) is 5.92 Å². The van der Waals surface area contributed by atoms with Gasteiger partial charge in [0, 0.05) is 64.2 Å². The summed E-state index contributed by atoms with van der Waals surface area (Å²) in [4.78, 5) is 40.5. The molecule has 2 aromatic rings. The van der Waals surface area contributed by atoms with Crippen molar-refractivity contribution < 1.29 is 19.1 Å². The molecule has 2 aromatic carbocycles. The minimum Gasteiger partial charge on any atom is -0.446 e. The predicted octanol–water partition coefficient (Wildman–Crippen LogP) is 5.15. The Morgan fingerprint density at radius 2 is 1.60 bits per heavy atom. The van der Waals surface area contributed by atoms with Gasteiger partial charge in [0.15, 0.2) is 0 Å². The van der Waals surface area contributed by atoms with Gasteiger partial charge < -0.3 is 15.0 Å². The van der Waals surface area contributed by atoms with Gasteiger partial charge in [0.25, 0.3) is 0 Å². The highest BCUT2D eigenvalue weighted by Gasteiger charge is 2.30. The lowest BCUT2D eigenvalue weighted by Crippen LogP contribution is -2.52. The van der Waals surface area contributed by atoms with Crippen LogP contribution in [0.25, 0.3) is 11.1 Å². The minimum absolute atomic E-state index is 0.0306. The van der Waals surface area contributed by atoms with E-state index in [0.29, 0.717) is 13.0 Å². The summed E-state index contributed by atoms with van der Waals surface area (Å²) in [5, 5.41) is 9.80. The number of carbonyl (C=O) groups excluding carboxylic acids is 3. The molecule has 0 bridgehead atoms. The Bertz CT molecular complexity index is 1140. The van der Waals surface area contributed by atoms with Crippen molar-refractivity contribution in [2.45, 2.75) is 64.4 Å². The van der Waals surface area contributed by atoms with E-state index < -0.39 is 6.09 Å². The molecule has 9 heteroatoms. The maximum atomic E-state index is 13.4. The third-order valence-corrected chi connectivity index (χ3v) is 8.39. The van der Waals surface area contributed by atoms with Gasteiger partial charge in [0.05, 0.1) is 5.69 Å². The summed E-state index contributed by atoms with van der Waals surface area (Å²) in [5.74, 6) is 0.280. The summed E-state index contributed by atoms with van der Waals surface area (Å²) in [6.07, 6.45) is 6.11. The molecule has 2 aliphatic rings. The molecule has 0 atom stereocenters. The molecule has 228 valence electrons. The van der Waals surface area contributed by atoms with Gasteiger partial charge in [0.2, 0.25) is 11.8 Å². The fourth-order valence-electron chi connectivity index (χ4n) is 5.89. The third kappa shape index (κ3) is 9.03. The van der Waals surface area contributed by atoms with Crippen LogP contribution in [0.4, 0.5) is 10.5 Å². The average Bonchev–Trinajstić information content (AvgIpc) is 3.03. The number of nitrogens with one attached hydrogen (secondary N) is 2. The van der Waals surface area contributed by atoms with Crippen molar-refractivity contribution in [1.82, 2.24) is 20.2 Å². The van der Waals surface area contributed by atoms with Gasteiger partial charge in [-0.15, -0.1) is 0 Å². The molecule has 3 amide bonds. The van der Waals surface area contributed by atoms with Crippen LogP contribution in [0.15, 0.2) is 54.6 Å². The van der Waals surface area contributed by atoms with Crippen LogP contribution < -0.4 is 10.6 Å². The summed E-state index contributed by atoms with van der Waals surface area (Å²) in [6, 6.07) is 17.7. The van der Waals surface area contributed by atoms with E-state index in [4.69, 9.17) is 4.74 Å². The summed E-state index contributed by atoms with van der Waals surface area (Å²) < 4.78 is 5.78. The number of hydrogen-bond donors (Lipinski definition) is 2. The predicted molar refractivity (Wildman–Crippen MR) is 166 cm³/mol. The highest BCUT2D eigenvalue weighted by Crippen LogP contribution is 2.28. The Hall–Kier alpha value is -3.43. The number of rotatable bonds is 12. The van der Waals surface area contributed by atoms with E-state index in [1.807, 2.05) is 59.6 Å². The third-order valence-electron chi connectivity index (χ3n) is 8.39. The first-order valence-electron chi connectivity index (χ1n) is 15.6. The van der Waals surface area contributed by atoms with Gasteiger partial charge in [0.1, 0.15) is 6.10 Å². The number of ether oxygens (including phenoxy) is 1. The summed E-state index contributed by atoms with van der Waals surface area (Å²) in [5.41, 5.74) is 2.72. The second kappa shape index (κ2) is 16.3. The van der Waals surface area contributed by atoms with Crippen molar-refractivity contribution in [3.05, 3.63) is 54.6 Å². The summed E-state index contributed by atoms with van der Waals surface area (Å²) in [6.45, 7) is 6.64. The van der Waals surface area contributed by atoms with Crippen molar-refractivity contribution in [2.75, 3.05) is 51.6 Å². The van der Waals surface area contributed by atoms with Crippen molar-refractivity contribution in [3.8, 4) is 11.1 Å². The lowest BCUT2D eigenvalue weighted by Gasteiger charge is -2.40. The van der Waals surface area contributed by atoms with Gasteiger partial charge in [-0.3, -0.25) is 19.9 Å². The summed E-state index contributed by atoms with van der Waals surface area (Å²) in [7, 11) is 1.69. The number of carbonyl (C=O) groups is 3. The van der Waals surface area contributed by atoms with Crippen LogP contribution in [-0.2, 0) is 14.3 Å². The van der Waals surface area contributed by atoms with Gasteiger partial charge >= 0.3 is 6.09 Å². The van der Waals surface area contributed by atoms with Crippen LogP contribution in [-0.4, -0.2) is 85.2 Å². The molecule has 0 radical (unpaired) electrons. The average molecular weight is 578 g/mol. The van der Waals surface area contributed by atoms with Crippen molar-refractivity contribution in [3.63, 3.8) is 0 Å². The van der Waals surface area contributed by atoms with Crippen LogP contribution >= 0.6 is 0 Å². The molecule has 2 heterocycles. The van der Waals surface area contributed by atoms with Crippen LogP contribution in [0.1, 0.15) is 58.3 Å². The van der Waals surface area contributed by atoms with Gasteiger partial charge in [-0.1, -0.05) is 68.3 Å². The van der Waals surface area contributed by atoms with E-state index in [-0.39, 0.29) is 23.8 Å². The van der Waals surface area contributed by atoms with Crippen LogP contribution in [0.5, 0.6) is 0 Å². The maximum absolute atomic E-state index is 13.4. The first-order chi connectivity index (χ1) is 20.5. The number of hydrazine groups is 1. The lowest BCUT2D eigenvalue weighted by atomic mass is 9.97. The zero-order valence-corrected chi connectivity index (χ0v) is 25.2. The topological polar surface area (TPSA) is 94.2 Å². The number of piperidine rings is 2. The first-order valence-corrected chi connectivity index (χ1v) is 15.6. The second-order valence-electron chi connectivity index (χ2n) is 11.3.